The first kappa shape index (κ1) is 12.8. The Labute approximate surface area is 106 Å². The number of rotatable bonds is 5. The van der Waals surface area contributed by atoms with Crippen molar-refractivity contribution in [2.75, 3.05) is 13.2 Å². The topological polar surface area (TPSA) is 23.5 Å². The lowest BCUT2D eigenvalue weighted by atomic mass is 9.91. The molecule has 0 bridgehead atoms. The number of hydrogen-bond donors (Lipinski definition) is 1. The molecule has 0 amide bonds. The van der Waals surface area contributed by atoms with E-state index in [0.717, 1.165) is 12.8 Å². The fourth-order valence-corrected chi connectivity index (χ4v) is 2.30. The highest BCUT2D eigenvalue weighted by Crippen LogP contribution is 2.26. The fraction of sp³-hybridized carbons (Fsp3) is 0.538. The first-order valence-electron chi connectivity index (χ1n) is 5.99. The molecular formula is C13H17ClFNO. The van der Waals surface area contributed by atoms with Gasteiger partial charge in [0.1, 0.15) is 5.82 Å². The SMILES string of the molecule is OCCN(Cc1ccc(Cl)cc1F)C1CCC1. The van der Waals surface area contributed by atoms with Gasteiger partial charge in [-0.2, -0.15) is 0 Å². The molecule has 0 spiro atoms. The predicted octanol–water partition coefficient (Wildman–Crippen LogP) is 2.83. The highest BCUT2D eigenvalue weighted by molar-refractivity contribution is 6.30. The van der Waals surface area contributed by atoms with E-state index in [1.807, 2.05) is 0 Å². The van der Waals surface area contributed by atoms with Gasteiger partial charge in [0.05, 0.1) is 6.61 Å². The van der Waals surface area contributed by atoms with E-state index in [9.17, 15) is 4.39 Å². The molecule has 0 unspecified atom stereocenters. The zero-order valence-corrected chi connectivity index (χ0v) is 10.5. The summed E-state index contributed by atoms with van der Waals surface area (Å²) in [6, 6.07) is 5.27. The molecule has 0 heterocycles. The third-order valence-electron chi connectivity index (χ3n) is 3.37. The second-order valence-corrected chi connectivity index (χ2v) is 4.95. The van der Waals surface area contributed by atoms with E-state index in [-0.39, 0.29) is 12.4 Å². The van der Waals surface area contributed by atoms with Crippen molar-refractivity contribution < 1.29 is 9.50 Å². The van der Waals surface area contributed by atoms with Crippen molar-refractivity contribution in [3.63, 3.8) is 0 Å². The number of aliphatic hydroxyl groups is 1. The minimum atomic E-state index is -0.264. The van der Waals surface area contributed by atoms with Crippen LogP contribution in [0.4, 0.5) is 4.39 Å². The molecule has 2 nitrogen and oxygen atoms in total. The Morgan fingerprint density at radius 2 is 2.18 bits per heavy atom. The van der Waals surface area contributed by atoms with E-state index in [4.69, 9.17) is 16.7 Å². The predicted molar refractivity (Wildman–Crippen MR) is 66.5 cm³/mol. The minimum Gasteiger partial charge on any atom is -0.395 e. The summed E-state index contributed by atoms with van der Waals surface area (Å²) in [5.41, 5.74) is 0.648. The molecule has 94 valence electrons. The third kappa shape index (κ3) is 3.18. The van der Waals surface area contributed by atoms with E-state index in [0.29, 0.717) is 29.7 Å². The van der Waals surface area contributed by atoms with Crippen molar-refractivity contribution >= 4 is 11.6 Å². The molecule has 0 aliphatic heterocycles. The number of benzene rings is 1. The zero-order valence-electron chi connectivity index (χ0n) is 9.70. The van der Waals surface area contributed by atoms with Crippen molar-refractivity contribution in [2.45, 2.75) is 31.8 Å². The molecule has 1 fully saturated rings. The summed E-state index contributed by atoms with van der Waals surface area (Å²) < 4.78 is 13.7. The molecule has 1 aliphatic rings. The highest BCUT2D eigenvalue weighted by atomic mass is 35.5. The van der Waals surface area contributed by atoms with Gasteiger partial charge in [-0.3, -0.25) is 4.90 Å². The van der Waals surface area contributed by atoms with Gasteiger partial charge in [0, 0.05) is 29.7 Å². The van der Waals surface area contributed by atoms with Gasteiger partial charge in [0.15, 0.2) is 0 Å². The monoisotopic (exact) mass is 257 g/mol. The van der Waals surface area contributed by atoms with Gasteiger partial charge in [-0.05, 0) is 25.0 Å². The lowest BCUT2D eigenvalue weighted by molar-refractivity contribution is 0.0935. The Morgan fingerprint density at radius 3 is 2.71 bits per heavy atom. The van der Waals surface area contributed by atoms with Crippen LogP contribution in [0.25, 0.3) is 0 Å². The quantitative estimate of drug-likeness (QED) is 0.877. The summed E-state index contributed by atoms with van der Waals surface area (Å²) in [4.78, 5) is 2.15. The van der Waals surface area contributed by atoms with Crippen LogP contribution >= 0.6 is 11.6 Å². The summed E-state index contributed by atoms with van der Waals surface area (Å²) in [6.07, 6.45) is 3.53. The molecule has 0 radical (unpaired) electrons. The molecule has 1 N–H and O–H groups in total. The lowest BCUT2D eigenvalue weighted by Gasteiger charge is -2.37. The fourth-order valence-electron chi connectivity index (χ4n) is 2.14. The van der Waals surface area contributed by atoms with Crippen molar-refractivity contribution in [1.82, 2.24) is 4.90 Å². The van der Waals surface area contributed by atoms with Crippen LogP contribution in [0.5, 0.6) is 0 Å². The van der Waals surface area contributed by atoms with Gasteiger partial charge in [-0.15, -0.1) is 0 Å². The molecule has 0 saturated heterocycles. The highest BCUT2D eigenvalue weighted by Gasteiger charge is 2.25. The van der Waals surface area contributed by atoms with E-state index < -0.39 is 0 Å². The van der Waals surface area contributed by atoms with Crippen LogP contribution in [-0.4, -0.2) is 29.2 Å². The number of nitrogens with zero attached hydrogens (tertiary/aromatic N) is 1. The molecule has 0 aromatic heterocycles. The van der Waals surface area contributed by atoms with E-state index in [1.165, 1.54) is 12.5 Å². The van der Waals surface area contributed by atoms with Crippen LogP contribution in [0.15, 0.2) is 18.2 Å². The molecule has 2 rings (SSSR count). The van der Waals surface area contributed by atoms with Gasteiger partial charge in [0.2, 0.25) is 0 Å². The van der Waals surface area contributed by atoms with Crippen LogP contribution < -0.4 is 0 Å². The first-order valence-corrected chi connectivity index (χ1v) is 6.37. The Bertz CT molecular complexity index is 382. The Balaban J connectivity index is 2.05. The van der Waals surface area contributed by atoms with Gasteiger partial charge in [0.25, 0.3) is 0 Å². The summed E-state index contributed by atoms with van der Waals surface area (Å²) in [5.74, 6) is -0.264. The lowest BCUT2D eigenvalue weighted by Crippen LogP contribution is -2.41. The van der Waals surface area contributed by atoms with Crippen LogP contribution in [0.2, 0.25) is 5.02 Å². The molecule has 1 aromatic carbocycles. The van der Waals surface area contributed by atoms with Gasteiger partial charge in [-0.25, -0.2) is 4.39 Å². The number of aliphatic hydroxyl groups excluding tert-OH is 1. The van der Waals surface area contributed by atoms with Crippen LogP contribution in [-0.2, 0) is 6.54 Å². The summed E-state index contributed by atoms with van der Waals surface area (Å²) in [5, 5.41) is 9.46. The molecular weight excluding hydrogens is 241 g/mol. The average molecular weight is 258 g/mol. The van der Waals surface area contributed by atoms with E-state index in [2.05, 4.69) is 4.90 Å². The molecule has 4 heteroatoms. The maximum absolute atomic E-state index is 13.7. The number of halogens is 2. The minimum absolute atomic E-state index is 0.117. The maximum atomic E-state index is 13.7. The average Bonchev–Trinajstić information content (AvgIpc) is 2.20. The molecule has 1 saturated carbocycles. The molecule has 0 atom stereocenters. The van der Waals surface area contributed by atoms with Crippen LogP contribution in [0, 0.1) is 5.82 Å². The maximum Gasteiger partial charge on any atom is 0.129 e. The summed E-state index contributed by atoms with van der Waals surface area (Å²) in [7, 11) is 0. The standard InChI is InChI=1S/C13H17ClFNO/c14-11-5-4-10(13(15)8-11)9-16(6-7-17)12-2-1-3-12/h4-5,8,12,17H,1-3,6-7,9H2. The molecule has 1 aliphatic carbocycles. The second-order valence-electron chi connectivity index (χ2n) is 4.51. The van der Waals surface area contributed by atoms with Crippen molar-refractivity contribution in [3.05, 3.63) is 34.6 Å². The largest absolute Gasteiger partial charge is 0.395 e. The van der Waals surface area contributed by atoms with Gasteiger partial charge < -0.3 is 5.11 Å². The van der Waals surface area contributed by atoms with Gasteiger partial charge >= 0.3 is 0 Å². The van der Waals surface area contributed by atoms with Gasteiger partial charge in [-0.1, -0.05) is 24.1 Å². The Kier molecular flexibility index (Phi) is 4.37. The number of hydrogen-bond acceptors (Lipinski definition) is 2. The van der Waals surface area contributed by atoms with Crippen molar-refractivity contribution in [2.24, 2.45) is 0 Å². The van der Waals surface area contributed by atoms with Crippen molar-refractivity contribution in [3.8, 4) is 0 Å². The van der Waals surface area contributed by atoms with Crippen LogP contribution in [0.3, 0.4) is 0 Å². The van der Waals surface area contributed by atoms with Crippen LogP contribution in [0.1, 0.15) is 24.8 Å². The Hall–Kier alpha value is -0.640. The van der Waals surface area contributed by atoms with E-state index in [1.54, 1.807) is 12.1 Å². The first-order chi connectivity index (χ1) is 8.20. The third-order valence-corrected chi connectivity index (χ3v) is 3.60. The smallest absolute Gasteiger partial charge is 0.129 e. The summed E-state index contributed by atoms with van der Waals surface area (Å²) >= 11 is 5.72. The molecule has 17 heavy (non-hydrogen) atoms. The molecule has 1 aromatic rings. The van der Waals surface area contributed by atoms with Crippen molar-refractivity contribution in [1.29, 1.82) is 0 Å². The summed E-state index contributed by atoms with van der Waals surface area (Å²) in [6.45, 7) is 1.27. The van der Waals surface area contributed by atoms with E-state index >= 15 is 0 Å². The normalized spacial score (nSPS) is 16.2. The Morgan fingerprint density at radius 1 is 1.41 bits per heavy atom. The zero-order chi connectivity index (χ0) is 12.3. The second kappa shape index (κ2) is 5.80.